The second kappa shape index (κ2) is 5.74. The van der Waals surface area contributed by atoms with Gasteiger partial charge in [0.1, 0.15) is 5.82 Å². The summed E-state index contributed by atoms with van der Waals surface area (Å²) in [4.78, 5) is 23.4. The average molecular weight is 358 g/mol. The second-order valence-electron chi connectivity index (χ2n) is 4.25. The molecule has 5 nitrogen and oxygen atoms in total. The Morgan fingerprint density at radius 2 is 2.05 bits per heavy atom. The first kappa shape index (κ1) is 15.3. The zero-order valence-electron chi connectivity index (χ0n) is 10.8. The summed E-state index contributed by atoms with van der Waals surface area (Å²) in [5.74, 6) is 2.21. The van der Waals surface area contributed by atoms with Gasteiger partial charge in [-0.05, 0) is 12.1 Å². The lowest BCUT2D eigenvalue weighted by atomic mass is 10.00. The lowest BCUT2D eigenvalue weighted by Crippen LogP contribution is -2.33. The van der Waals surface area contributed by atoms with Crippen LogP contribution >= 0.6 is 15.9 Å². The topological polar surface area (TPSA) is 77.1 Å². The van der Waals surface area contributed by atoms with Gasteiger partial charge in [-0.25, -0.2) is 14.6 Å². The molecule has 1 amide bonds. The molecule has 0 bridgehead atoms. The maximum Gasteiger partial charge on any atom is 0.286 e. The first-order valence-electron chi connectivity index (χ1n) is 5.72. The van der Waals surface area contributed by atoms with Gasteiger partial charge in [0.25, 0.3) is 11.5 Å². The van der Waals surface area contributed by atoms with Gasteiger partial charge in [0.15, 0.2) is 5.82 Å². The molecule has 1 aromatic carbocycles. The number of nitrogens with two attached hydrogens (primary N) is 1. The Morgan fingerprint density at radius 3 is 2.62 bits per heavy atom. The zero-order valence-corrected chi connectivity index (χ0v) is 12.4. The molecule has 1 heterocycles. The molecule has 3 N–H and O–H groups in total. The smallest absolute Gasteiger partial charge is 0.286 e. The molecule has 0 saturated carbocycles. The summed E-state index contributed by atoms with van der Waals surface area (Å²) < 4.78 is 29.6. The highest BCUT2D eigenvalue weighted by atomic mass is 79.9. The van der Waals surface area contributed by atoms with Crippen LogP contribution in [0.3, 0.4) is 0 Å². The van der Waals surface area contributed by atoms with Crippen molar-refractivity contribution in [2.75, 3.05) is 0 Å². The van der Waals surface area contributed by atoms with Gasteiger partial charge in [-0.2, -0.15) is 0 Å². The number of carbonyl (C=O) groups excluding carboxylic acids is 1. The molecule has 0 aliphatic rings. The van der Waals surface area contributed by atoms with Crippen LogP contribution in [0.4, 0.5) is 8.78 Å². The summed E-state index contributed by atoms with van der Waals surface area (Å²) >= 11 is 3.08. The molecule has 0 atom stereocenters. The van der Waals surface area contributed by atoms with E-state index in [0.29, 0.717) is 4.47 Å². The summed E-state index contributed by atoms with van der Waals surface area (Å²) in [6.45, 7) is 0. The summed E-state index contributed by atoms with van der Waals surface area (Å²) in [7, 11) is 1.28. The number of hydrazine groups is 1. The van der Waals surface area contributed by atoms with Crippen molar-refractivity contribution in [1.29, 1.82) is 0 Å². The molecule has 21 heavy (non-hydrogen) atoms. The van der Waals surface area contributed by atoms with E-state index in [2.05, 4.69) is 15.9 Å². The third kappa shape index (κ3) is 2.72. The third-order valence-electron chi connectivity index (χ3n) is 2.90. The van der Waals surface area contributed by atoms with Crippen molar-refractivity contribution in [3.05, 3.63) is 56.4 Å². The van der Waals surface area contributed by atoms with Crippen LogP contribution in [0.1, 0.15) is 10.4 Å². The minimum absolute atomic E-state index is 0.202. The number of nitrogens with zero attached hydrogens (tertiary/aromatic N) is 1. The molecule has 1 aromatic heterocycles. The number of nitrogens with one attached hydrogen (secondary N) is 1. The number of hydrogen-bond acceptors (Lipinski definition) is 3. The van der Waals surface area contributed by atoms with Crippen LogP contribution < -0.4 is 16.8 Å². The SMILES string of the molecule is Cn1cc(C(=O)NN)c(-c2ccc(Br)cc2F)c(F)c1=O. The highest BCUT2D eigenvalue weighted by molar-refractivity contribution is 9.10. The Hall–Kier alpha value is -2.06. The highest BCUT2D eigenvalue weighted by Crippen LogP contribution is 2.29. The van der Waals surface area contributed by atoms with E-state index in [1.54, 1.807) is 0 Å². The zero-order chi connectivity index (χ0) is 15.7. The van der Waals surface area contributed by atoms with E-state index in [9.17, 15) is 18.4 Å². The fourth-order valence-electron chi connectivity index (χ4n) is 1.90. The predicted octanol–water partition coefficient (Wildman–Crippen LogP) is 1.70. The minimum atomic E-state index is -1.22. The van der Waals surface area contributed by atoms with Crippen molar-refractivity contribution in [2.24, 2.45) is 12.9 Å². The van der Waals surface area contributed by atoms with Crippen molar-refractivity contribution in [1.82, 2.24) is 9.99 Å². The number of rotatable bonds is 2. The van der Waals surface area contributed by atoms with Crippen molar-refractivity contribution in [3.63, 3.8) is 0 Å². The number of aromatic nitrogens is 1. The van der Waals surface area contributed by atoms with Gasteiger partial charge in [0.05, 0.1) is 5.56 Å². The van der Waals surface area contributed by atoms with Crippen LogP contribution in [0, 0.1) is 11.6 Å². The van der Waals surface area contributed by atoms with Crippen molar-refractivity contribution in [3.8, 4) is 11.1 Å². The van der Waals surface area contributed by atoms with Gasteiger partial charge in [-0.15, -0.1) is 0 Å². The van der Waals surface area contributed by atoms with Gasteiger partial charge in [-0.1, -0.05) is 22.0 Å². The largest absolute Gasteiger partial charge is 0.315 e. The molecule has 0 unspecified atom stereocenters. The van der Waals surface area contributed by atoms with Crippen LogP contribution in [0.2, 0.25) is 0 Å². The first-order valence-corrected chi connectivity index (χ1v) is 6.51. The number of aryl methyl sites for hydroxylation is 1. The van der Waals surface area contributed by atoms with Crippen LogP contribution in [0.5, 0.6) is 0 Å². The lowest BCUT2D eigenvalue weighted by molar-refractivity contribution is 0.0953. The first-order chi connectivity index (χ1) is 9.86. The van der Waals surface area contributed by atoms with Crippen molar-refractivity contribution in [2.45, 2.75) is 0 Å². The fourth-order valence-corrected chi connectivity index (χ4v) is 2.24. The Balaban J connectivity index is 2.86. The lowest BCUT2D eigenvalue weighted by Gasteiger charge is -2.12. The van der Waals surface area contributed by atoms with Crippen LogP contribution in [-0.4, -0.2) is 10.5 Å². The molecule has 0 aliphatic heterocycles. The Kier molecular flexibility index (Phi) is 4.19. The quantitative estimate of drug-likeness (QED) is 0.487. The van der Waals surface area contributed by atoms with E-state index in [1.165, 1.54) is 19.2 Å². The molecule has 0 aliphatic carbocycles. The molecule has 110 valence electrons. The molecule has 2 rings (SSSR count). The molecule has 0 radical (unpaired) electrons. The Bertz CT molecular complexity index is 790. The van der Waals surface area contributed by atoms with Crippen molar-refractivity contribution >= 4 is 21.8 Å². The van der Waals surface area contributed by atoms with E-state index in [4.69, 9.17) is 5.84 Å². The van der Waals surface area contributed by atoms with Gasteiger partial charge >= 0.3 is 0 Å². The van der Waals surface area contributed by atoms with E-state index < -0.39 is 28.7 Å². The number of benzene rings is 1. The third-order valence-corrected chi connectivity index (χ3v) is 3.39. The molecule has 0 fully saturated rings. The molecular formula is C13H10BrF2N3O2. The average Bonchev–Trinajstić information content (AvgIpc) is 2.45. The number of nitrogen functional groups attached to an aromatic ring is 1. The molecular weight excluding hydrogens is 348 g/mol. The molecule has 2 aromatic rings. The van der Waals surface area contributed by atoms with E-state index >= 15 is 0 Å². The standard InChI is InChI=1S/C13H10BrF2N3O2/c1-19-5-8(12(20)18-17)10(11(16)13(19)21)7-3-2-6(14)4-9(7)15/h2-5H,17H2,1H3,(H,18,20). The highest BCUT2D eigenvalue weighted by Gasteiger charge is 2.22. The fraction of sp³-hybridized carbons (Fsp3) is 0.0769. The molecule has 8 heteroatoms. The summed E-state index contributed by atoms with van der Waals surface area (Å²) in [5.41, 5.74) is 0.00762. The monoisotopic (exact) mass is 357 g/mol. The van der Waals surface area contributed by atoms with Crippen LogP contribution in [0.25, 0.3) is 11.1 Å². The summed E-state index contributed by atoms with van der Waals surface area (Å²) in [6.07, 6.45) is 1.10. The summed E-state index contributed by atoms with van der Waals surface area (Å²) in [6, 6.07) is 3.85. The Labute approximate surface area is 126 Å². The van der Waals surface area contributed by atoms with Gasteiger partial charge in [-0.3, -0.25) is 15.0 Å². The number of hydrogen-bond donors (Lipinski definition) is 2. The number of carbonyl (C=O) groups is 1. The second-order valence-corrected chi connectivity index (χ2v) is 5.16. The normalized spacial score (nSPS) is 10.5. The van der Waals surface area contributed by atoms with E-state index in [1.807, 2.05) is 5.43 Å². The number of halogens is 3. The molecule has 0 saturated heterocycles. The Morgan fingerprint density at radius 1 is 1.38 bits per heavy atom. The summed E-state index contributed by atoms with van der Waals surface area (Å²) in [5, 5.41) is 0. The van der Waals surface area contributed by atoms with Gasteiger partial charge < -0.3 is 4.57 Å². The van der Waals surface area contributed by atoms with Gasteiger partial charge in [0.2, 0.25) is 0 Å². The van der Waals surface area contributed by atoms with Crippen LogP contribution in [-0.2, 0) is 7.05 Å². The van der Waals surface area contributed by atoms with Crippen LogP contribution in [0.15, 0.2) is 33.7 Å². The molecule has 0 spiro atoms. The predicted molar refractivity (Wildman–Crippen MR) is 76.4 cm³/mol. The maximum absolute atomic E-state index is 14.3. The van der Waals surface area contributed by atoms with E-state index in [-0.39, 0.29) is 11.1 Å². The number of pyridine rings is 1. The van der Waals surface area contributed by atoms with Crippen molar-refractivity contribution < 1.29 is 13.6 Å². The maximum atomic E-state index is 14.3. The van der Waals surface area contributed by atoms with Gasteiger partial charge in [0, 0.05) is 28.8 Å². The van der Waals surface area contributed by atoms with E-state index in [0.717, 1.165) is 16.8 Å². The number of amides is 1. The minimum Gasteiger partial charge on any atom is -0.315 e.